The summed E-state index contributed by atoms with van der Waals surface area (Å²) in [5, 5.41) is 12.6. The van der Waals surface area contributed by atoms with E-state index in [1.165, 1.54) is 19.3 Å². The van der Waals surface area contributed by atoms with Gasteiger partial charge in [-0.05, 0) is 19.3 Å². The van der Waals surface area contributed by atoms with Gasteiger partial charge in [0, 0.05) is 25.2 Å². The number of nitrogens with two attached hydrogens (primary N) is 1. The average molecular weight is 293 g/mol. The second-order valence-corrected chi connectivity index (χ2v) is 5.61. The molecule has 0 bridgehead atoms. The fourth-order valence-electron chi connectivity index (χ4n) is 2.93. The van der Waals surface area contributed by atoms with E-state index in [1.54, 1.807) is 0 Å². The number of nitrogens with one attached hydrogen (secondary N) is 1. The Balaban J connectivity index is 2.19. The number of nitrogens with zero attached hydrogens (tertiary/aromatic N) is 3. The highest BCUT2D eigenvalue weighted by Gasteiger charge is 2.22. The number of aromatic nitrogens is 2. The Bertz CT molecular complexity index is 434. The van der Waals surface area contributed by atoms with E-state index in [-0.39, 0.29) is 12.6 Å². The van der Waals surface area contributed by atoms with Gasteiger partial charge in [0.1, 0.15) is 11.6 Å². The Morgan fingerprint density at radius 2 is 2.10 bits per heavy atom. The third-order valence-electron chi connectivity index (χ3n) is 3.94. The van der Waals surface area contributed by atoms with Crippen molar-refractivity contribution in [1.82, 2.24) is 9.97 Å². The number of nitrogen functional groups attached to an aromatic ring is 1. The van der Waals surface area contributed by atoms with Crippen molar-refractivity contribution in [2.24, 2.45) is 0 Å². The molecule has 1 aliphatic rings. The molecule has 21 heavy (non-hydrogen) atoms. The number of rotatable bonds is 7. The normalized spacial score (nSPS) is 15.9. The molecule has 6 nitrogen and oxygen atoms in total. The van der Waals surface area contributed by atoms with E-state index in [4.69, 9.17) is 5.73 Å². The first-order chi connectivity index (χ1) is 10.2. The standard InChI is InChI=1S/C15H27N5O/c1-2-8-17-13-11-14(19-15(16)18-13)20(9-10-21)12-6-4-3-5-7-12/h11-12,21H,2-10H2,1H3,(H3,16,17,18,19). The van der Waals surface area contributed by atoms with E-state index in [0.29, 0.717) is 12.6 Å². The Morgan fingerprint density at radius 3 is 2.76 bits per heavy atom. The molecule has 2 rings (SSSR count). The number of aliphatic hydroxyl groups excluding tert-OH is 1. The van der Waals surface area contributed by atoms with Crippen LogP contribution in [0.2, 0.25) is 0 Å². The molecule has 4 N–H and O–H groups in total. The highest BCUT2D eigenvalue weighted by molar-refractivity contribution is 5.53. The zero-order chi connectivity index (χ0) is 15.1. The van der Waals surface area contributed by atoms with Crippen LogP contribution in [0.3, 0.4) is 0 Å². The maximum atomic E-state index is 9.38. The van der Waals surface area contributed by atoms with Crippen molar-refractivity contribution < 1.29 is 5.11 Å². The molecule has 0 amide bonds. The van der Waals surface area contributed by atoms with Gasteiger partial charge in [0.05, 0.1) is 6.61 Å². The molecule has 118 valence electrons. The molecule has 0 aromatic carbocycles. The lowest BCUT2D eigenvalue weighted by atomic mass is 9.94. The van der Waals surface area contributed by atoms with Crippen LogP contribution in [0.5, 0.6) is 0 Å². The van der Waals surface area contributed by atoms with Crippen LogP contribution >= 0.6 is 0 Å². The maximum Gasteiger partial charge on any atom is 0.223 e. The molecule has 0 unspecified atom stereocenters. The molecule has 1 saturated carbocycles. The summed E-state index contributed by atoms with van der Waals surface area (Å²) in [6.45, 7) is 3.68. The fourth-order valence-corrected chi connectivity index (χ4v) is 2.93. The molecule has 1 aromatic rings. The van der Waals surface area contributed by atoms with Gasteiger partial charge < -0.3 is 21.1 Å². The summed E-state index contributed by atoms with van der Waals surface area (Å²) in [7, 11) is 0. The van der Waals surface area contributed by atoms with E-state index in [0.717, 1.165) is 37.4 Å². The van der Waals surface area contributed by atoms with Crippen LogP contribution in [0.1, 0.15) is 45.4 Å². The number of aliphatic hydroxyl groups is 1. The topological polar surface area (TPSA) is 87.3 Å². The zero-order valence-electron chi connectivity index (χ0n) is 12.9. The largest absolute Gasteiger partial charge is 0.395 e. The molecule has 0 spiro atoms. The van der Waals surface area contributed by atoms with E-state index < -0.39 is 0 Å². The van der Waals surface area contributed by atoms with Gasteiger partial charge in [0.15, 0.2) is 0 Å². The van der Waals surface area contributed by atoms with Crippen LogP contribution in [0.4, 0.5) is 17.6 Å². The number of hydrogen-bond acceptors (Lipinski definition) is 6. The molecular formula is C15H27N5O. The Kier molecular flexibility index (Phi) is 6.04. The molecule has 0 saturated heterocycles. The SMILES string of the molecule is CCCNc1cc(N(CCO)C2CCCCC2)nc(N)n1. The molecule has 0 atom stereocenters. The minimum Gasteiger partial charge on any atom is -0.395 e. The van der Waals surface area contributed by atoms with E-state index in [9.17, 15) is 5.11 Å². The van der Waals surface area contributed by atoms with Crippen LogP contribution in [-0.4, -0.2) is 40.8 Å². The minimum absolute atomic E-state index is 0.123. The van der Waals surface area contributed by atoms with E-state index in [1.807, 2.05) is 6.07 Å². The monoisotopic (exact) mass is 293 g/mol. The van der Waals surface area contributed by atoms with Crippen LogP contribution in [0.15, 0.2) is 6.07 Å². The van der Waals surface area contributed by atoms with Crippen LogP contribution in [-0.2, 0) is 0 Å². The van der Waals surface area contributed by atoms with Crippen molar-refractivity contribution in [1.29, 1.82) is 0 Å². The molecule has 1 aromatic heterocycles. The fraction of sp³-hybridized carbons (Fsp3) is 0.733. The summed E-state index contributed by atoms with van der Waals surface area (Å²) in [5.41, 5.74) is 5.84. The Morgan fingerprint density at radius 1 is 1.33 bits per heavy atom. The summed E-state index contributed by atoms with van der Waals surface area (Å²) in [6, 6.07) is 2.38. The molecule has 6 heteroatoms. The van der Waals surface area contributed by atoms with Gasteiger partial charge in [0.2, 0.25) is 5.95 Å². The summed E-state index contributed by atoms with van der Waals surface area (Å²) >= 11 is 0. The van der Waals surface area contributed by atoms with Gasteiger partial charge >= 0.3 is 0 Å². The molecule has 1 aliphatic carbocycles. The van der Waals surface area contributed by atoms with Crippen molar-refractivity contribution in [2.75, 3.05) is 35.6 Å². The third-order valence-corrected chi connectivity index (χ3v) is 3.94. The first kappa shape index (κ1) is 15.8. The van der Waals surface area contributed by atoms with Crippen LogP contribution in [0, 0.1) is 0 Å². The first-order valence-corrected chi connectivity index (χ1v) is 8.00. The Hall–Kier alpha value is -1.56. The lowest BCUT2D eigenvalue weighted by Gasteiger charge is -2.35. The predicted octanol–water partition coefficient (Wildman–Crippen LogP) is 2.01. The van der Waals surface area contributed by atoms with Crippen LogP contribution in [0.25, 0.3) is 0 Å². The van der Waals surface area contributed by atoms with Gasteiger partial charge in [0.25, 0.3) is 0 Å². The lowest BCUT2D eigenvalue weighted by molar-refractivity contribution is 0.289. The highest BCUT2D eigenvalue weighted by atomic mass is 16.3. The number of anilines is 3. The lowest BCUT2D eigenvalue weighted by Crippen LogP contribution is -2.39. The smallest absolute Gasteiger partial charge is 0.223 e. The predicted molar refractivity (Wildman–Crippen MR) is 86.5 cm³/mol. The zero-order valence-corrected chi connectivity index (χ0v) is 12.9. The Labute approximate surface area is 126 Å². The van der Waals surface area contributed by atoms with Gasteiger partial charge in [-0.15, -0.1) is 0 Å². The van der Waals surface area contributed by atoms with Crippen molar-refractivity contribution >= 4 is 17.6 Å². The van der Waals surface area contributed by atoms with Crippen LogP contribution < -0.4 is 16.0 Å². The molecule has 1 fully saturated rings. The first-order valence-electron chi connectivity index (χ1n) is 8.00. The van der Waals surface area contributed by atoms with E-state index >= 15 is 0 Å². The maximum absolute atomic E-state index is 9.38. The minimum atomic E-state index is 0.123. The average Bonchev–Trinajstić information content (AvgIpc) is 2.51. The quantitative estimate of drug-likeness (QED) is 0.713. The summed E-state index contributed by atoms with van der Waals surface area (Å²) < 4.78 is 0. The highest BCUT2D eigenvalue weighted by Crippen LogP contribution is 2.27. The van der Waals surface area contributed by atoms with Crippen molar-refractivity contribution in [3.05, 3.63) is 6.07 Å². The summed E-state index contributed by atoms with van der Waals surface area (Å²) in [4.78, 5) is 10.8. The number of hydrogen-bond donors (Lipinski definition) is 3. The molecular weight excluding hydrogens is 266 g/mol. The second-order valence-electron chi connectivity index (χ2n) is 5.61. The van der Waals surface area contributed by atoms with Gasteiger partial charge in [-0.1, -0.05) is 26.2 Å². The molecule has 1 heterocycles. The molecule has 0 radical (unpaired) electrons. The van der Waals surface area contributed by atoms with Crippen molar-refractivity contribution in [3.8, 4) is 0 Å². The molecule has 0 aliphatic heterocycles. The van der Waals surface area contributed by atoms with E-state index in [2.05, 4.69) is 27.1 Å². The second kappa shape index (κ2) is 8.02. The van der Waals surface area contributed by atoms with Crippen molar-refractivity contribution in [3.63, 3.8) is 0 Å². The summed E-state index contributed by atoms with van der Waals surface area (Å²) in [5.74, 6) is 1.87. The third kappa shape index (κ3) is 4.46. The van der Waals surface area contributed by atoms with Gasteiger partial charge in [-0.25, -0.2) is 0 Å². The summed E-state index contributed by atoms with van der Waals surface area (Å²) in [6.07, 6.45) is 7.13. The van der Waals surface area contributed by atoms with Crippen molar-refractivity contribution in [2.45, 2.75) is 51.5 Å². The van der Waals surface area contributed by atoms with Gasteiger partial charge in [-0.2, -0.15) is 9.97 Å². The van der Waals surface area contributed by atoms with Gasteiger partial charge in [-0.3, -0.25) is 0 Å².